The fraction of sp³-hybridized carbons (Fsp3) is 0.565. The van der Waals surface area contributed by atoms with E-state index in [1.807, 2.05) is 12.1 Å². The molecule has 0 aliphatic heterocycles. The van der Waals surface area contributed by atoms with E-state index in [2.05, 4.69) is 22.8 Å². The molecule has 2 aromatic rings. The van der Waals surface area contributed by atoms with Crippen LogP contribution in [0.1, 0.15) is 63.1 Å². The van der Waals surface area contributed by atoms with Gasteiger partial charge in [-0.05, 0) is 63.4 Å². The maximum Gasteiger partial charge on any atom is 0.217 e. The van der Waals surface area contributed by atoms with E-state index in [-0.39, 0.29) is 12.5 Å². The topological polar surface area (TPSA) is 74.2 Å². The van der Waals surface area contributed by atoms with Gasteiger partial charge in [0.05, 0.1) is 11.1 Å². The van der Waals surface area contributed by atoms with E-state index in [1.54, 1.807) is 6.92 Å². The number of nitrogens with zero attached hydrogens (tertiary/aromatic N) is 1. The molecule has 6 heteroatoms. The average molecular weight is 418 g/mol. The highest BCUT2D eigenvalue weighted by Gasteiger charge is 2.37. The van der Waals surface area contributed by atoms with Gasteiger partial charge in [0.15, 0.2) is 0 Å². The number of fused-ring (bicyclic) bond motifs is 1. The van der Waals surface area contributed by atoms with Crippen LogP contribution in [0.3, 0.4) is 0 Å². The predicted molar refractivity (Wildman–Crippen MR) is 118 cm³/mol. The summed E-state index contributed by atoms with van der Waals surface area (Å²) in [5.41, 5.74) is 2.62. The zero-order valence-electron chi connectivity index (χ0n) is 17.3. The highest BCUT2D eigenvalue weighted by molar-refractivity contribution is 6.32. The second kappa shape index (κ2) is 10.4. The normalized spacial score (nSPS) is 16.1. The van der Waals surface area contributed by atoms with E-state index in [0.717, 1.165) is 80.2 Å². The summed E-state index contributed by atoms with van der Waals surface area (Å²) >= 11 is 6.69. The fourth-order valence-corrected chi connectivity index (χ4v) is 4.84. The number of hydrogen-bond acceptors (Lipinski definition) is 4. The number of hydrogen-bond donors (Lipinski definition) is 3. The van der Waals surface area contributed by atoms with Crippen molar-refractivity contribution in [1.29, 1.82) is 0 Å². The number of aromatic nitrogens is 1. The number of benzene rings is 1. The van der Waals surface area contributed by atoms with Crippen molar-refractivity contribution >= 4 is 28.4 Å². The zero-order chi connectivity index (χ0) is 20.7. The molecular formula is C23H32ClN3O2. The Morgan fingerprint density at radius 3 is 2.62 bits per heavy atom. The number of aliphatic hydroxyl groups excluding tert-OH is 1. The smallest absolute Gasteiger partial charge is 0.217 e. The zero-order valence-corrected chi connectivity index (χ0v) is 18.0. The minimum Gasteiger partial charge on any atom is -0.396 e. The first-order valence-electron chi connectivity index (χ1n) is 10.7. The summed E-state index contributed by atoms with van der Waals surface area (Å²) in [6.07, 6.45) is 7.87. The maximum atomic E-state index is 12.0. The maximum absolute atomic E-state index is 12.0. The van der Waals surface area contributed by atoms with Gasteiger partial charge in [0, 0.05) is 35.2 Å². The van der Waals surface area contributed by atoms with Gasteiger partial charge in [0.2, 0.25) is 5.91 Å². The lowest BCUT2D eigenvalue weighted by atomic mass is 9.75. The molecule has 1 heterocycles. The molecule has 0 bridgehead atoms. The van der Waals surface area contributed by atoms with Crippen LogP contribution < -0.4 is 10.6 Å². The van der Waals surface area contributed by atoms with E-state index in [4.69, 9.17) is 21.7 Å². The number of amides is 1. The van der Waals surface area contributed by atoms with Crippen LogP contribution in [0.5, 0.6) is 0 Å². The number of pyridine rings is 1. The van der Waals surface area contributed by atoms with Crippen LogP contribution in [0.15, 0.2) is 24.3 Å². The molecule has 0 spiro atoms. The van der Waals surface area contributed by atoms with E-state index in [9.17, 15) is 4.79 Å². The second-order valence-corrected chi connectivity index (χ2v) is 8.45. The molecule has 0 atom stereocenters. The van der Waals surface area contributed by atoms with Crippen LogP contribution >= 0.6 is 11.6 Å². The lowest BCUT2D eigenvalue weighted by Gasteiger charge is -2.39. The summed E-state index contributed by atoms with van der Waals surface area (Å²) in [6.45, 7) is 3.57. The van der Waals surface area contributed by atoms with Crippen molar-refractivity contribution in [3.63, 3.8) is 0 Å². The Bertz CT molecular complexity index is 834. The summed E-state index contributed by atoms with van der Waals surface area (Å²) in [5, 5.41) is 17.1. The van der Waals surface area contributed by atoms with Gasteiger partial charge >= 0.3 is 0 Å². The summed E-state index contributed by atoms with van der Waals surface area (Å²) in [5.74, 6) is -0.0155. The van der Waals surface area contributed by atoms with Gasteiger partial charge in [-0.15, -0.1) is 0 Å². The molecule has 1 aliphatic carbocycles. The van der Waals surface area contributed by atoms with Crippen molar-refractivity contribution in [2.75, 3.05) is 19.7 Å². The standard InChI is InChI=1S/C23H32ClN3O2/c1-17(29)27-23(12-3-2-4-13-23)22-19-9-8-18(7-5-14-25-15-6-16-28)26-21(19)11-10-20(22)24/h8-11,25,28H,2-7,12-16H2,1H3,(H,27,29). The van der Waals surface area contributed by atoms with Crippen molar-refractivity contribution in [2.45, 2.75) is 63.8 Å². The number of nitrogens with one attached hydrogen (secondary N) is 2. The largest absolute Gasteiger partial charge is 0.396 e. The quantitative estimate of drug-likeness (QED) is 0.537. The number of carbonyl (C=O) groups is 1. The van der Waals surface area contributed by atoms with Gasteiger partial charge in [0.1, 0.15) is 0 Å². The number of carbonyl (C=O) groups excluding carboxylic acids is 1. The number of halogens is 1. The van der Waals surface area contributed by atoms with Crippen LogP contribution in [-0.2, 0) is 16.8 Å². The molecule has 1 amide bonds. The molecule has 1 aromatic carbocycles. The molecular weight excluding hydrogens is 386 g/mol. The molecule has 3 rings (SSSR count). The molecule has 0 unspecified atom stereocenters. The first kappa shape index (κ1) is 22.0. The van der Waals surface area contributed by atoms with Gasteiger partial charge in [-0.2, -0.15) is 0 Å². The molecule has 0 saturated heterocycles. The highest BCUT2D eigenvalue weighted by Crippen LogP contribution is 2.43. The van der Waals surface area contributed by atoms with Crippen molar-refractivity contribution in [3.05, 3.63) is 40.5 Å². The van der Waals surface area contributed by atoms with Gasteiger partial charge in [-0.3, -0.25) is 9.78 Å². The van der Waals surface area contributed by atoms with Crippen molar-refractivity contribution in [3.8, 4) is 0 Å². The van der Waals surface area contributed by atoms with Crippen molar-refractivity contribution < 1.29 is 9.90 Å². The van der Waals surface area contributed by atoms with Crippen LogP contribution in [-0.4, -0.2) is 35.7 Å². The minimum atomic E-state index is -0.402. The summed E-state index contributed by atoms with van der Waals surface area (Å²) in [4.78, 5) is 16.9. The third-order valence-corrected chi connectivity index (χ3v) is 6.09. The molecule has 1 aliphatic rings. The molecule has 1 aromatic heterocycles. The van der Waals surface area contributed by atoms with E-state index >= 15 is 0 Å². The molecule has 3 N–H and O–H groups in total. The summed E-state index contributed by atoms with van der Waals surface area (Å²) in [7, 11) is 0. The average Bonchev–Trinajstić information content (AvgIpc) is 2.70. The molecule has 1 saturated carbocycles. The van der Waals surface area contributed by atoms with E-state index < -0.39 is 5.54 Å². The van der Waals surface area contributed by atoms with Gasteiger partial charge in [-0.25, -0.2) is 0 Å². The van der Waals surface area contributed by atoms with Crippen LogP contribution in [0.25, 0.3) is 10.9 Å². The minimum absolute atomic E-state index is 0.0155. The molecule has 5 nitrogen and oxygen atoms in total. The first-order valence-corrected chi connectivity index (χ1v) is 11.1. The molecule has 1 fully saturated rings. The van der Waals surface area contributed by atoms with Crippen molar-refractivity contribution in [1.82, 2.24) is 15.6 Å². The predicted octanol–water partition coefficient (Wildman–Crippen LogP) is 4.09. The Balaban J connectivity index is 1.84. The Labute approximate surface area is 178 Å². The SMILES string of the molecule is CC(=O)NC1(c2c(Cl)ccc3nc(CCCNCCCO)ccc23)CCCCC1. The Kier molecular flexibility index (Phi) is 7.87. The number of aliphatic hydroxyl groups is 1. The van der Waals surface area contributed by atoms with Gasteiger partial charge in [-0.1, -0.05) is 36.9 Å². The lowest BCUT2D eigenvalue weighted by Crippen LogP contribution is -2.46. The van der Waals surface area contributed by atoms with E-state index in [0.29, 0.717) is 5.02 Å². The fourth-order valence-electron chi connectivity index (χ4n) is 4.50. The van der Waals surface area contributed by atoms with Crippen LogP contribution in [0.2, 0.25) is 5.02 Å². The lowest BCUT2D eigenvalue weighted by molar-refractivity contribution is -0.121. The third kappa shape index (κ3) is 5.47. The third-order valence-electron chi connectivity index (χ3n) is 5.78. The molecule has 29 heavy (non-hydrogen) atoms. The van der Waals surface area contributed by atoms with Crippen molar-refractivity contribution in [2.24, 2.45) is 0 Å². The Hall–Kier alpha value is -1.69. The first-order chi connectivity index (χ1) is 14.1. The number of rotatable bonds is 9. The van der Waals surface area contributed by atoms with E-state index in [1.165, 1.54) is 6.42 Å². The molecule has 158 valence electrons. The highest BCUT2D eigenvalue weighted by atomic mass is 35.5. The monoisotopic (exact) mass is 417 g/mol. The molecule has 0 radical (unpaired) electrons. The summed E-state index contributed by atoms with van der Waals surface area (Å²) in [6, 6.07) is 8.11. The summed E-state index contributed by atoms with van der Waals surface area (Å²) < 4.78 is 0. The van der Waals surface area contributed by atoms with Crippen LogP contribution in [0, 0.1) is 0 Å². The van der Waals surface area contributed by atoms with Gasteiger partial charge < -0.3 is 15.7 Å². The Morgan fingerprint density at radius 1 is 1.14 bits per heavy atom. The second-order valence-electron chi connectivity index (χ2n) is 8.05. The van der Waals surface area contributed by atoms with Gasteiger partial charge in [0.25, 0.3) is 0 Å². The van der Waals surface area contributed by atoms with Crippen LogP contribution in [0.4, 0.5) is 0 Å². The number of aryl methyl sites for hydroxylation is 1. The Morgan fingerprint density at radius 2 is 1.90 bits per heavy atom.